The van der Waals surface area contributed by atoms with Crippen molar-refractivity contribution in [2.24, 2.45) is 5.41 Å². The van der Waals surface area contributed by atoms with E-state index in [1.54, 1.807) is 0 Å². The lowest BCUT2D eigenvalue weighted by atomic mass is 9.74. The number of hydrogen-bond donors (Lipinski definition) is 0. The van der Waals surface area contributed by atoms with Crippen LogP contribution in [0.25, 0.3) is 0 Å². The van der Waals surface area contributed by atoms with E-state index < -0.39 is 8.32 Å². The molecule has 4 rings (SSSR count). The van der Waals surface area contributed by atoms with Crippen molar-refractivity contribution in [1.82, 2.24) is 0 Å². The summed E-state index contributed by atoms with van der Waals surface area (Å²) in [6.07, 6.45) is 4.34. The molecule has 1 fully saturated rings. The summed E-state index contributed by atoms with van der Waals surface area (Å²) in [5.74, 6) is 0.248. The van der Waals surface area contributed by atoms with Gasteiger partial charge in [-0.2, -0.15) is 0 Å². The lowest BCUT2D eigenvalue weighted by molar-refractivity contribution is -0.116. The number of fused-ring (bicyclic) bond motifs is 1. The van der Waals surface area contributed by atoms with E-state index >= 15 is 0 Å². The van der Waals surface area contributed by atoms with E-state index in [0.29, 0.717) is 6.42 Å². The molecule has 0 N–H and O–H groups in total. The summed E-state index contributed by atoms with van der Waals surface area (Å²) in [7, 11) is -2.62. The first-order chi connectivity index (χ1) is 14.2. The number of benzene rings is 2. The average molecular weight is 484 g/mol. The third-order valence-electron chi connectivity index (χ3n) is 7.07. The van der Waals surface area contributed by atoms with Crippen LogP contribution < -0.4 is 10.4 Å². The number of carbonyl (C=O) groups is 1. The molecule has 4 heteroatoms. The van der Waals surface area contributed by atoms with E-state index in [2.05, 4.69) is 104 Å². The molecule has 0 aromatic heterocycles. The van der Waals surface area contributed by atoms with Gasteiger partial charge in [0, 0.05) is 16.7 Å². The number of hydrogen-bond acceptors (Lipinski definition) is 2. The summed E-state index contributed by atoms with van der Waals surface area (Å²) in [6, 6.07) is 21.6. The summed E-state index contributed by atoms with van der Waals surface area (Å²) < 4.78 is 7.47. The molecule has 0 bridgehead atoms. The van der Waals surface area contributed by atoms with Crippen LogP contribution in [0.1, 0.15) is 47.0 Å². The van der Waals surface area contributed by atoms with Gasteiger partial charge in [0.1, 0.15) is 0 Å². The maximum atomic E-state index is 12.2. The second-order valence-corrected chi connectivity index (χ2v) is 15.3. The van der Waals surface area contributed by atoms with Crippen molar-refractivity contribution < 1.29 is 9.22 Å². The summed E-state index contributed by atoms with van der Waals surface area (Å²) in [6.45, 7) is 9.27. The Bertz CT molecular complexity index is 909. The van der Waals surface area contributed by atoms with Crippen LogP contribution >= 0.6 is 15.9 Å². The molecule has 0 amide bonds. The van der Waals surface area contributed by atoms with Gasteiger partial charge in [-0.25, -0.2) is 0 Å². The van der Waals surface area contributed by atoms with Crippen molar-refractivity contribution in [3.63, 3.8) is 0 Å². The van der Waals surface area contributed by atoms with Crippen molar-refractivity contribution in [3.05, 3.63) is 72.3 Å². The molecule has 0 aliphatic heterocycles. The van der Waals surface area contributed by atoms with Gasteiger partial charge in [0.25, 0.3) is 8.32 Å². The molecule has 0 radical (unpaired) electrons. The molecule has 0 spiro atoms. The smallest absolute Gasteiger partial charge is 0.261 e. The zero-order valence-corrected chi connectivity index (χ0v) is 20.9. The van der Waals surface area contributed by atoms with Gasteiger partial charge in [0.2, 0.25) is 0 Å². The monoisotopic (exact) mass is 482 g/mol. The first kappa shape index (κ1) is 21.7. The minimum absolute atomic E-state index is 0.0508. The van der Waals surface area contributed by atoms with Crippen molar-refractivity contribution in [3.8, 4) is 0 Å². The summed E-state index contributed by atoms with van der Waals surface area (Å²) in [5.41, 5.74) is 1.12. The molecule has 0 saturated heterocycles. The highest BCUT2D eigenvalue weighted by atomic mass is 79.9. The molecule has 158 valence electrons. The predicted octanol–water partition coefficient (Wildman–Crippen LogP) is 5.39. The normalized spacial score (nSPS) is 27.0. The molecule has 0 unspecified atom stereocenters. The fourth-order valence-electron chi connectivity index (χ4n) is 5.39. The van der Waals surface area contributed by atoms with Crippen LogP contribution in [0.15, 0.2) is 72.3 Å². The van der Waals surface area contributed by atoms with Gasteiger partial charge in [0.15, 0.2) is 5.78 Å². The van der Waals surface area contributed by atoms with Gasteiger partial charge in [-0.1, -0.05) is 104 Å². The van der Waals surface area contributed by atoms with Crippen LogP contribution in [-0.2, 0) is 9.22 Å². The zero-order chi connectivity index (χ0) is 21.6. The first-order valence-corrected chi connectivity index (χ1v) is 13.7. The number of ketones is 1. The van der Waals surface area contributed by atoms with Crippen molar-refractivity contribution in [2.45, 2.75) is 62.9 Å². The predicted molar refractivity (Wildman–Crippen MR) is 130 cm³/mol. The van der Waals surface area contributed by atoms with Crippen molar-refractivity contribution >= 4 is 40.4 Å². The molecule has 1 saturated carbocycles. The minimum Gasteiger partial charge on any atom is -0.404 e. The molecule has 2 aliphatic rings. The summed E-state index contributed by atoms with van der Waals surface area (Å²) >= 11 is 3.87. The standard InChI is InChI=1S/C26H31BrO2Si/c1-25(2,3)30(20-11-7-5-8-12-20,21-13-9-6-10-14-21)29-24-18-23(27)22-17-19(28)15-16-26(22,24)4/h5-14,17,23-24H,15-16,18H2,1-4H3/t23-,24-,26-/m0/s1. The molecule has 30 heavy (non-hydrogen) atoms. The van der Waals surface area contributed by atoms with E-state index in [1.165, 1.54) is 15.9 Å². The molecule has 3 atom stereocenters. The number of rotatable bonds is 4. The minimum atomic E-state index is -2.62. The van der Waals surface area contributed by atoms with Crippen LogP contribution in [0.5, 0.6) is 0 Å². The highest BCUT2D eigenvalue weighted by Gasteiger charge is 2.57. The summed E-state index contributed by atoms with van der Waals surface area (Å²) in [5, 5.41) is 2.57. The van der Waals surface area contributed by atoms with Crippen molar-refractivity contribution in [2.75, 3.05) is 0 Å². The van der Waals surface area contributed by atoms with E-state index in [1.807, 2.05) is 6.08 Å². The molecular weight excluding hydrogens is 452 g/mol. The highest BCUT2D eigenvalue weighted by Crippen LogP contribution is 2.54. The van der Waals surface area contributed by atoms with Crippen molar-refractivity contribution in [1.29, 1.82) is 0 Å². The van der Waals surface area contributed by atoms with E-state index in [-0.39, 0.29) is 27.2 Å². The zero-order valence-electron chi connectivity index (χ0n) is 18.3. The Hall–Kier alpha value is -1.49. The van der Waals surface area contributed by atoms with Crippen LogP contribution in [0, 0.1) is 5.41 Å². The maximum Gasteiger partial charge on any atom is 0.261 e. The lowest BCUT2D eigenvalue weighted by Crippen LogP contribution is -2.68. The van der Waals surface area contributed by atoms with Crippen LogP contribution in [-0.4, -0.2) is 25.0 Å². The van der Waals surface area contributed by atoms with E-state index in [9.17, 15) is 4.79 Å². The van der Waals surface area contributed by atoms with Gasteiger partial charge >= 0.3 is 0 Å². The lowest BCUT2D eigenvalue weighted by Gasteiger charge is -2.48. The average Bonchev–Trinajstić information content (AvgIpc) is 2.96. The molecule has 2 aliphatic carbocycles. The number of halogens is 1. The third kappa shape index (κ3) is 3.47. The molecule has 0 heterocycles. The quantitative estimate of drug-likeness (QED) is 0.430. The SMILES string of the molecule is CC(C)(C)[Si](O[C@H]1C[C@H](Br)C2=CC(=O)CC[C@@]21C)(c1ccccc1)c1ccccc1. The third-order valence-corrected chi connectivity index (χ3v) is 13.0. The van der Waals surface area contributed by atoms with Gasteiger partial charge in [0.05, 0.1) is 6.10 Å². The molecule has 2 aromatic carbocycles. The van der Waals surface area contributed by atoms with Gasteiger partial charge in [-0.15, -0.1) is 0 Å². The highest BCUT2D eigenvalue weighted by molar-refractivity contribution is 9.09. The van der Waals surface area contributed by atoms with Gasteiger partial charge in [-0.3, -0.25) is 4.79 Å². The van der Waals surface area contributed by atoms with Gasteiger partial charge in [-0.05, 0) is 39.9 Å². The molecule has 2 nitrogen and oxygen atoms in total. The Kier molecular flexibility index (Phi) is 5.71. The number of allylic oxidation sites excluding steroid dienone is 1. The second kappa shape index (κ2) is 7.89. The molecular formula is C26H31BrO2Si. The summed E-state index contributed by atoms with van der Waals surface area (Å²) in [4.78, 5) is 12.4. The molecule has 2 aromatic rings. The Balaban J connectivity index is 1.88. The maximum absolute atomic E-state index is 12.2. The second-order valence-electron chi connectivity index (χ2n) is 9.96. The number of carbonyl (C=O) groups excluding carboxylic acids is 1. The van der Waals surface area contributed by atoms with Crippen LogP contribution in [0.3, 0.4) is 0 Å². The fourth-order valence-corrected chi connectivity index (χ4v) is 11.2. The Labute approximate surface area is 190 Å². The van der Waals surface area contributed by atoms with Crippen LogP contribution in [0.2, 0.25) is 5.04 Å². The van der Waals surface area contributed by atoms with E-state index in [0.717, 1.165) is 12.8 Å². The Morgan fingerprint density at radius 2 is 1.53 bits per heavy atom. The number of alkyl halides is 1. The first-order valence-electron chi connectivity index (χ1n) is 10.9. The fraction of sp³-hybridized carbons (Fsp3) is 0.423. The Morgan fingerprint density at radius 3 is 2.03 bits per heavy atom. The van der Waals surface area contributed by atoms with Gasteiger partial charge < -0.3 is 4.43 Å². The topological polar surface area (TPSA) is 26.3 Å². The Morgan fingerprint density at radius 1 is 1.00 bits per heavy atom. The van der Waals surface area contributed by atoms with Crippen LogP contribution in [0.4, 0.5) is 0 Å². The van der Waals surface area contributed by atoms with E-state index in [4.69, 9.17) is 4.43 Å². The largest absolute Gasteiger partial charge is 0.404 e.